The third kappa shape index (κ3) is 6.17. The third-order valence-electron chi connectivity index (χ3n) is 3.17. The maximum Gasteiger partial charge on any atom is 0.193 e. The minimum absolute atomic E-state index is 0.0948. The normalized spacial score (nSPS) is 10.7. The van der Waals surface area contributed by atoms with E-state index < -0.39 is 5.60 Å². The third-order valence-corrected chi connectivity index (χ3v) is 3.17. The lowest BCUT2D eigenvalue weighted by atomic mass is 9.97. The zero-order valence-electron chi connectivity index (χ0n) is 14.1. The number of carbonyl (C=O) groups excluding carboxylic acids is 2. The summed E-state index contributed by atoms with van der Waals surface area (Å²) in [6.45, 7) is 6.80. The summed E-state index contributed by atoms with van der Waals surface area (Å²) < 4.78 is 0. The quantitative estimate of drug-likeness (QED) is 0.862. The Morgan fingerprint density at radius 2 is 1.22 bits per heavy atom. The van der Waals surface area contributed by atoms with Crippen LogP contribution in [0.2, 0.25) is 0 Å². The van der Waals surface area contributed by atoms with Gasteiger partial charge in [0.05, 0.1) is 0 Å². The van der Waals surface area contributed by atoms with Gasteiger partial charge in [-0.1, -0.05) is 74.5 Å². The number of rotatable bonds is 4. The lowest BCUT2D eigenvalue weighted by Gasteiger charge is -2.14. The van der Waals surface area contributed by atoms with Crippen molar-refractivity contribution in [3.8, 4) is 0 Å². The summed E-state index contributed by atoms with van der Waals surface area (Å²) in [5.41, 5.74) is 0.0777. The zero-order valence-corrected chi connectivity index (χ0v) is 14.1. The Balaban J connectivity index is 0.000000231. The van der Waals surface area contributed by atoms with Gasteiger partial charge in [-0.3, -0.25) is 9.59 Å². The summed E-state index contributed by atoms with van der Waals surface area (Å²) in [6.07, 6.45) is 0. The van der Waals surface area contributed by atoms with Gasteiger partial charge in [-0.05, 0) is 13.8 Å². The monoisotopic (exact) mass is 312 g/mol. The van der Waals surface area contributed by atoms with Crippen molar-refractivity contribution in [1.82, 2.24) is 0 Å². The van der Waals surface area contributed by atoms with Gasteiger partial charge in [0, 0.05) is 17.0 Å². The number of ketones is 2. The molecular weight excluding hydrogens is 288 g/mol. The van der Waals surface area contributed by atoms with Crippen LogP contribution < -0.4 is 0 Å². The fourth-order valence-electron chi connectivity index (χ4n) is 1.88. The van der Waals surface area contributed by atoms with Gasteiger partial charge >= 0.3 is 0 Å². The lowest BCUT2D eigenvalue weighted by molar-refractivity contribution is 0.0488. The van der Waals surface area contributed by atoms with Crippen molar-refractivity contribution in [3.05, 3.63) is 71.8 Å². The SMILES string of the molecule is CC(C)(O)C(=O)c1ccccc1.CC(C)C(=O)c1ccccc1. The molecule has 0 aliphatic rings. The first-order valence-corrected chi connectivity index (χ1v) is 7.65. The number of hydrogen-bond acceptors (Lipinski definition) is 3. The van der Waals surface area contributed by atoms with Crippen LogP contribution in [0.5, 0.6) is 0 Å². The molecule has 0 aromatic heterocycles. The molecule has 3 nitrogen and oxygen atoms in total. The van der Waals surface area contributed by atoms with Crippen molar-refractivity contribution in [1.29, 1.82) is 0 Å². The van der Waals surface area contributed by atoms with Gasteiger partial charge in [-0.15, -0.1) is 0 Å². The van der Waals surface area contributed by atoms with E-state index in [4.69, 9.17) is 0 Å². The van der Waals surface area contributed by atoms with Gasteiger partial charge in [0.2, 0.25) is 0 Å². The predicted molar refractivity (Wildman–Crippen MR) is 92.7 cm³/mol. The van der Waals surface area contributed by atoms with E-state index in [9.17, 15) is 14.7 Å². The Kier molecular flexibility index (Phi) is 6.86. The van der Waals surface area contributed by atoms with Gasteiger partial charge in [0.1, 0.15) is 5.60 Å². The molecule has 1 N–H and O–H groups in total. The minimum Gasteiger partial charge on any atom is -0.382 e. The maximum absolute atomic E-state index is 11.4. The number of benzene rings is 2. The second kappa shape index (κ2) is 8.39. The highest BCUT2D eigenvalue weighted by atomic mass is 16.3. The topological polar surface area (TPSA) is 54.4 Å². The van der Waals surface area contributed by atoms with Crippen LogP contribution in [0.25, 0.3) is 0 Å². The molecule has 0 heterocycles. The Labute approximate surface area is 138 Å². The van der Waals surface area contributed by atoms with Crippen LogP contribution in [-0.4, -0.2) is 22.3 Å². The van der Waals surface area contributed by atoms with E-state index in [0.29, 0.717) is 5.56 Å². The summed E-state index contributed by atoms with van der Waals surface area (Å²) in [5, 5.41) is 9.39. The number of aliphatic hydroxyl groups is 1. The fraction of sp³-hybridized carbons (Fsp3) is 0.300. The molecule has 0 bridgehead atoms. The van der Waals surface area contributed by atoms with E-state index in [1.807, 2.05) is 50.2 Å². The highest BCUT2D eigenvalue weighted by Gasteiger charge is 2.24. The van der Waals surface area contributed by atoms with Gasteiger partial charge in [0.15, 0.2) is 11.6 Å². The van der Waals surface area contributed by atoms with Gasteiger partial charge in [0.25, 0.3) is 0 Å². The van der Waals surface area contributed by atoms with Crippen LogP contribution in [0.1, 0.15) is 48.4 Å². The minimum atomic E-state index is -1.28. The van der Waals surface area contributed by atoms with Crippen molar-refractivity contribution >= 4 is 11.6 Å². The van der Waals surface area contributed by atoms with Crippen LogP contribution >= 0.6 is 0 Å². The first-order valence-electron chi connectivity index (χ1n) is 7.65. The molecule has 0 saturated heterocycles. The van der Waals surface area contributed by atoms with Crippen LogP contribution in [-0.2, 0) is 0 Å². The first-order chi connectivity index (χ1) is 10.7. The number of hydrogen-bond donors (Lipinski definition) is 1. The molecule has 122 valence electrons. The first kappa shape index (κ1) is 18.8. The molecule has 0 saturated carbocycles. The molecule has 0 spiro atoms. The van der Waals surface area contributed by atoms with E-state index in [1.54, 1.807) is 24.3 Å². The largest absolute Gasteiger partial charge is 0.382 e. The molecule has 23 heavy (non-hydrogen) atoms. The molecule has 3 heteroatoms. The summed E-state index contributed by atoms with van der Waals surface area (Å²) in [4.78, 5) is 22.8. The highest BCUT2D eigenvalue weighted by molar-refractivity contribution is 6.01. The van der Waals surface area contributed by atoms with Crippen molar-refractivity contribution in [2.75, 3.05) is 0 Å². The molecule has 0 amide bonds. The average Bonchev–Trinajstić information content (AvgIpc) is 2.54. The molecule has 2 aromatic carbocycles. The Hall–Kier alpha value is -2.26. The summed E-state index contributed by atoms with van der Waals surface area (Å²) in [5.74, 6) is 0.0612. The molecule has 0 atom stereocenters. The fourth-order valence-corrected chi connectivity index (χ4v) is 1.88. The van der Waals surface area contributed by atoms with E-state index in [1.165, 1.54) is 13.8 Å². The summed E-state index contributed by atoms with van der Waals surface area (Å²) >= 11 is 0. The zero-order chi connectivity index (χ0) is 17.5. The molecule has 0 radical (unpaired) electrons. The smallest absolute Gasteiger partial charge is 0.193 e. The van der Waals surface area contributed by atoms with Crippen LogP contribution in [0.15, 0.2) is 60.7 Å². The average molecular weight is 312 g/mol. The summed E-state index contributed by atoms with van der Waals surface area (Å²) in [6, 6.07) is 18.2. The highest BCUT2D eigenvalue weighted by Crippen LogP contribution is 2.11. The second-order valence-electron chi connectivity index (χ2n) is 6.14. The molecule has 0 fully saturated rings. The summed E-state index contributed by atoms with van der Waals surface area (Å²) in [7, 11) is 0. The number of carbonyl (C=O) groups is 2. The molecule has 2 rings (SSSR count). The Morgan fingerprint density at radius 3 is 1.57 bits per heavy atom. The lowest BCUT2D eigenvalue weighted by Crippen LogP contribution is -2.30. The van der Waals surface area contributed by atoms with Crippen molar-refractivity contribution in [2.24, 2.45) is 5.92 Å². The molecule has 0 aliphatic heterocycles. The van der Waals surface area contributed by atoms with Crippen molar-refractivity contribution in [3.63, 3.8) is 0 Å². The van der Waals surface area contributed by atoms with E-state index in [2.05, 4.69) is 0 Å². The predicted octanol–water partition coefficient (Wildman–Crippen LogP) is 4.17. The van der Waals surface area contributed by atoms with Crippen LogP contribution in [0, 0.1) is 5.92 Å². The maximum atomic E-state index is 11.4. The molecule has 0 aliphatic carbocycles. The Morgan fingerprint density at radius 1 is 0.826 bits per heavy atom. The van der Waals surface area contributed by atoms with Crippen LogP contribution in [0.3, 0.4) is 0 Å². The molecule has 2 aromatic rings. The van der Waals surface area contributed by atoms with Crippen molar-refractivity contribution in [2.45, 2.75) is 33.3 Å². The molecule has 0 unspecified atom stereocenters. The Bertz CT molecular complexity index is 623. The van der Waals surface area contributed by atoms with Gasteiger partial charge < -0.3 is 5.11 Å². The van der Waals surface area contributed by atoms with Gasteiger partial charge in [-0.2, -0.15) is 0 Å². The van der Waals surface area contributed by atoms with E-state index in [-0.39, 0.29) is 17.5 Å². The number of Topliss-reactive ketones (excluding diaryl/α,β-unsaturated/α-hetero) is 2. The second-order valence-corrected chi connectivity index (χ2v) is 6.14. The van der Waals surface area contributed by atoms with Gasteiger partial charge in [-0.25, -0.2) is 0 Å². The van der Waals surface area contributed by atoms with Crippen molar-refractivity contribution < 1.29 is 14.7 Å². The van der Waals surface area contributed by atoms with E-state index in [0.717, 1.165) is 5.56 Å². The standard InChI is InChI=1S/C10H12O2.C10H12O/c1-10(2,12)9(11)8-6-4-3-5-7-8;1-8(2)10(11)9-6-4-3-5-7-9/h3-7,12H,1-2H3;3-8H,1-2H3. The molecular formula is C20H24O3. The van der Waals surface area contributed by atoms with Crippen LogP contribution in [0.4, 0.5) is 0 Å². The van der Waals surface area contributed by atoms with E-state index >= 15 is 0 Å².